The summed E-state index contributed by atoms with van der Waals surface area (Å²) >= 11 is 3.40. The van der Waals surface area contributed by atoms with E-state index < -0.39 is 0 Å². The number of rotatable bonds is 2. The van der Waals surface area contributed by atoms with Crippen molar-refractivity contribution in [1.29, 1.82) is 0 Å². The van der Waals surface area contributed by atoms with Crippen molar-refractivity contribution in [2.45, 2.75) is 20.4 Å². The highest BCUT2D eigenvalue weighted by atomic mass is 79.9. The summed E-state index contributed by atoms with van der Waals surface area (Å²) in [4.78, 5) is 11.2. The second-order valence-corrected chi connectivity index (χ2v) is 4.15. The van der Waals surface area contributed by atoms with Crippen LogP contribution in [0.3, 0.4) is 0 Å². The molecule has 0 aliphatic carbocycles. The van der Waals surface area contributed by atoms with Gasteiger partial charge in [-0.1, -0.05) is 0 Å². The molecule has 1 aromatic heterocycles. The fraction of sp³-hybridized carbons (Fsp3) is 0.273. The van der Waals surface area contributed by atoms with Crippen LogP contribution in [-0.4, -0.2) is 15.6 Å². The number of carbonyl (C=O) groups is 1. The first kappa shape index (κ1) is 10.4. The fourth-order valence-corrected chi connectivity index (χ4v) is 2.11. The molecule has 1 heterocycles. The molecule has 2 aromatic rings. The molecule has 0 bridgehead atoms. The molecule has 0 saturated heterocycles. The molecule has 78 valence electrons. The second-order valence-electron chi connectivity index (χ2n) is 3.39. The lowest BCUT2D eigenvalue weighted by molar-refractivity contribution is 0.101. The van der Waals surface area contributed by atoms with E-state index in [9.17, 15) is 4.79 Å². The number of hydrogen-bond acceptors (Lipinski definition) is 2. The predicted molar refractivity (Wildman–Crippen MR) is 63.1 cm³/mol. The van der Waals surface area contributed by atoms with Gasteiger partial charge in [-0.15, -0.1) is 0 Å². The van der Waals surface area contributed by atoms with Gasteiger partial charge < -0.3 is 0 Å². The topological polar surface area (TPSA) is 34.9 Å². The van der Waals surface area contributed by atoms with Gasteiger partial charge in [0.15, 0.2) is 5.78 Å². The van der Waals surface area contributed by atoms with Gasteiger partial charge in [-0.05, 0) is 48.0 Å². The minimum Gasteiger partial charge on any atom is -0.295 e. The molecule has 0 N–H and O–H groups in total. The summed E-state index contributed by atoms with van der Waals surface area (Å²) in [5, 5.41) is 5.32. The van der Waals surface area contributed by atoms with Gasteiger partial charge in [-0.3, -0.25) is 9.48 Å². The molecule has 3 nitrogen and oxygen atoms in total. The van der Waals surface area contributed by atoms with Crippen LogP contribution in [0.4, 0.5) is 0 Å². The number of ketones is 1. The van der Waals surface area contributed by atoms with Gasteiger partial charge in [0, 0.05) is 17.5 Å². The molecule has 0 saturated carbocycles. The lowest BCUT2D eigenvalue weighted by Gasteiger charge is -1.99. The summed E-state index contributed by atoms with van der Waals surface area (Å²) in [5.74, 6) is 0.0769. The Kier molecular flexibility index (Phi) is 2.61. The van der Waals surface area contributed by atoms with Crippen LogP contribution in [0.25, 0.3) is 10.9 Å². The van der Waals surface area contributed by atoms with Crippen LogP contribution in [0.5, 0.6) is 0 Å². The Balaban J connectivity index is 2.72. The van der Waals surface area contributed by atoms with E-state index >= 15 is 0 Å². The van der Waals surface area contributed by atoms with Gasteiger partial charge in [-0.25, -0.2) is 0 Å². The number of aryl methyl sites for hydroxylation is 1. The van der Waals surface area contributed by atoms with Crippen molar-refractivity contribution in [1.82, 2.24) is 9.78 Å². The first-order valence-corrected chi connectivity index (χ1v) is 5.59. The molecule has 0 aliphatic rings. The van der Waals surface area contributed by atoms with E-state index in [1.807, 2.05) is 29.8 Å². The van der Waals surface area contributed by atoms with E-state index in [0.29, 0.717) is 0 Å². The highest BCUT2D eigenvalue weighted by Crippen LogP contribution is 2.24. The molecular weight excluding hydrogens is 256 g/mol. The van der Waals surface area contributed by atoms with Gasteiger partial charge in [0.1, 0.15) is 4.60 Å². The first-order chi connectivity index (χ1) is 7.13. The van der Waals surface area contributed by atoms with Crippen molar-refractivity contribution >= 4 is 32.6 Å². The maximum Gasteiger partial charge on any atom is 0.159 e. The quantitative estimate of drug-likeness (QED) is 0.784. The zero-order valence-electron chi connectivity index (χ0n) is 8.62. The molecule has 0 radical (unpaired) electrons. The van der Waals surface area contributed by atoms with Gasteiger partial charge in [0.25, 0.3) is 0 Å². The fourth-order valence-electron chi connectivity index (χ4n) is 1.60. The molecule has 0 spiro atoms. The highest BCUT2D eigenvalue weighted by molar-refractivity contribution is 9.10. The lowest BCUT2D eigenvalue weighted by Crippen LogP contribution is -1.96. The standard InChI is InChI=1S/C11H11BrN2O/c1-3-14-10-5-4-8(7(2)15)6-9(10)11(12)13-14/h4-6H,3H2,1-2H3. The molecule has 0 unspecified atom stereocenters. The average Bonchev–Trinajstić information content (AvgIpc) is 2.55. The number of nitrogens with zero attached hydrogens (tertiary/aromatic N) is 2. The van der Waals surface area contributed by atoms with Crippen molar-refractivity contribution < 1.29 is 4.79 Å². The summed E-state index contributed by atoms with van der Waals surface area (Å²) in [6.45, 7) is 4.43. The van der Waals surface area contributed by atoms with E-state index in [1.165, 1.54) is 0 Å². The van der Waals surface area contributed by atoms with Crippen LogP contribution in [0.2, 0.25) is 0 Å². The number of halogens is 1. The zero-order chi connectivity index (χ0) is 11.0. The monoisotopic (exact) mass is 266 g/mol. The number of benzene rings is 1. The third kappa shape index (κ3) is 1.69. The molecule has 0 aliphatic heterocycles. The van der Waals surface area contributed by atoms with E-state index in [0.717, 1.165) is 27.6 Å². The molecular formula is C11H11BrN2O. The lowest BCUT2D eigenvalue weighted by atomic mass is 10.1. The Labute approximate surface area is 96.2 Å². The van der Waals surface area contributed by atoms with Crippen molar-refractivity contribution in [3.8, 4) is 0 Å². The Morgan fingerprint density at radius 3 is 2.87 bits per heavy atom. The van der Waals surface area contributed by atoms with Crippen molar-refractivity contribution in [3.63, 3.8) is 0 Å². The summed E-state index contributed by atoms with van der Waals surface area (Å²) in [6, 6.07) is 5.65. The summed E-state index contributed by atoms with van der Waals surface area (Å²) < 4.78 is 2.70. The summed E-state index contributed by atoms with van der Waals surface area (Å²) in [5.41, 5.74) is 1.77. The normalized spacial score (nSPS) is 10.9. The van der Waals surface area contributed by atoms with Crippen LogP contribution >= 0.6 is 15.9 Å². The Hall–Kier alpha value is -1.16. The van der Waals surface area contributed by atoms with Crippen molar-refractivity contribution in [3.05, 3.63) is 28.4 Å². The Morgan fingerprint density at radius 2 is 2.27 bits per heavy atom. The third-order valence-corrected chi connectivity index (χ3v) is 3.00. The Morgan fingerprint density at radius 1 is 1.53 bits per heavy atom. The number of fused-ring (bicyclic) bond motifs is 1. The molecule has 1 aromatic carbocycles. The van der Waals surface area contributed by atoms with E-state index in [-0.39, 0.29) is 5.78 Å². The molecule has 2 rings (SSSR count). The van der Waals surface area contributed by atoms with Crippen LogP contribution < -0.4 is 0 Å². The summed E-state index contributed by atoms with van der Waals surface area (Å²) in [6.07, 6.45) is 0. The summed E-state index contributed by atoms with van der Waals surface area (Å²) in [7, 11) is 0. The van der Waals surface area contributed by atoms with Gasteiger partial charge in [-0.2, -0.15) is 5.10 Å². The number of hydrogen-bond donors (Lipinski definition) is 0. The molecule has 4 heteroatoms. The van der Waals surface area contributed by atoms with Gasteiger partial charge >= 0.3 is 0 Å². The minimum absolute atomic E-state index is 0.0769. The van der Waals surface area contributed by atoms with Crippen LogP contribution in [-0.2, 0) is 6.54 Å². The maximum absolute atomic E-state index is 11.2. The molecule has 0 atom stereocenters. The number of aromatic nitrogens is 2. The van der Waals surface area contributed by atoms with Crippen molar-refractivity contribution in [2.75, 3.05) is 0 Å². The van der Waals surface area contributed by atoms with Crippen molar-refractivity contribution in [2.24, 2.45) is 0 Å². The van der Waals surface area contributed by atoms with E-state index in [1.54, 1.807) is 6.92 Å². The zero-order valence-corrected chi connectivity index (χ0v) is 10.2. The number of Topliss-reactive ketones (excluding diaryl/α,β-unsaturated/α-hetero) is 1. The minimum atomic E-state index is 0.0769. The number of carbonyl (C=O) groups excluding carboxylic acids is 1. The average molecular weight is 267 g/mol. The SMILES string of the molecule is CCn1nc(Br)c2cc(C(C)=O)ccc21. The first-order valence-electron chi connectivity index (χ1n) is 4.80. The van der Waals surface area contributed by atoms with E-state index in [4.69, 9.17) is 0 Å². The maximum atomic E-state index is 11.2. The molecule has 0 fully saturated rings. The van der Waals surface area contributed by atoms with Crippen LogP contribution in [0.1, 0.15) is 24.2 Å². The van der Waals surface area contributed by atoms with Crippen LogP contribution in [0.15, 0.2) is 22.8 Å². The van der Waals surface area contributed by atoms with E-state index in [2.05, 4.69) is 21.0 Å². The van der Waals surface area contributed by atoms with Gasteiger partial charge in [0.2, 0.25) is 0 Å². The Bertz CT molecular complexity index is 531. The largest absolute Gasteiger partial charge is 0.295 e. The smallest absolute Gasteiger partial charge is 0.159 e. The molecule has 0 amide bonds. The van der Waals surface area contributed by atoms with Gasteiger partial charge in [0.05, 0.1) is 5.52 Å². The second kappa shape index (κ2) is 3.77. The predicted octanol–water partition coefficient (Wildman–Crippen LogP) is 3.02. The third-order valence-electron chi connectivity index (χ3n) is 2.41. The highest BCUT2D eigenvalue weighted by Gasteiger charge is 2.09. The van der Waals surface area contributed by atoms with Crippen LogP contribution in [0, 0.1) is 0 Å². The molecule has 15 heavy (non-hydrogen) atoms.